The van der Waals surface area contributed by atoms with E-state index < -0.39 is 0 Å². The second kappa shape index (κ2) is 12.0. The maximum absolute atomic E-state index is 13.9. The van der Waals surface area contributed by atoms with E-state index >= 15 is 0 Å². The molecule has 0 saturated carbocycles. The molecule has 0 bridgehead atoms. The highest BCUT2D eigenvalue weighted by Crippen LogP contribution is 2.36. The summed E-state index contributed by atoms with van der Waals surface area (Å²) < 4.78 is 1.79. The Balaban J connectivity index is 1.10. The molecule has 0 atom stereocenters. The number of nitrogens with zero attached hydrogens (tertiary/aromatic N) is 6. The molecule has 0 aliphatic carbocycles. The molecular formula is C32H36N8O2. The quantitative estimate of drug-likeness (QED) is 0.362. The summed E-state index contributed by atoms with van der Waals surface area (Å²) in [6, 6.07) is 17.6. The van der Waals surface area contributed by atoms with Gasteiger partial charge in [0, 0.05) is 69.8 Å². The van der Waals surface area contributed by atoms with Gasteiger partial charge < -0.3 is 20.4 Å². The Hall–Kier alpha value is -4.70. The molecule has 0 unspecified atom stereocenters. The van der Waals surface area contributed by atoms with Crippen LogP contribution in [0.5, 0.6) is 0 Å². The SMILES string of the molecule is CCc1cc(C(=O)N2Cc3cnn(C)c3Nc3ccccc32)ccc1CNC(=O)N1CCN(Cc2ccncc2)CC1. The number of anilines is 3. The van der Waals surface area contributed by atoms with Crippen LogP contribution in [0.3, 0.4) is 0 Å². The molecule has 0 radical (unpaired) electrons. The Morgan fingerprint density at radius 2 is 1.76 bits per heavy atom. The van der Waals surface area contributed by atoms with Crippen LogP contribution in [0.15, 0.2) is 73.2 Å². The van der Waals surface area contributed by atoms with E-state index in [4.69, 9.17) is 0 Å². The Bertz CT molecular complexity index is 1580. The van der Waals surface area contributed by atoms with E-state index in [0.29, 0.717) is 31.7 Å². The summed E-state index contributed by atoms with van der Waals surface area (Å²) >= 11 is 0. The summed E-state index contributed by atoms with van der Waals surface area (Å²) in [5.74, 6) is 0.809. The molecule has 3 amide bonds. The number of hydrogen-bond donors (Lipinski definition) is 2. The number of urea groups is 1. The zero-order valence-electron chi connectivity index (χ0n) is 24.1. The number of pyridine rings is 1. The lowest BCUT2D eigenvalue weighted by Gasteiger charge is -2.34. The lowest BCUT2D eigenvalue weighted by Crippen LogP contribution is -2.51. The third-order valence-corrected chi connectivity index (χ3v) is 8.12. The van der Waals surface area contributed by atoms with Crippen molar-refractivity contribution >= 4 is 29.1 Å². The van der Waals surface area contributed by atoms with E-state index in [0.717, 1.165) is 59.9 Å². The van der Waals surface area contributed by atoms with Gasteiger partial charge in [-0.1, -0.05) is 25.1 Å². The molecule has 10 nitrogen and oxygen atoms in total. The summed E-state index contributed by atoms with van der Waals surface area (Å²) in [5, 5.41) is 10.9. The van der Waals surface area contributed by atoms with Crippen LogP contribution in [0.25, 0.3) is 0 Å². The van der Waals surface area contributed by atoms with E-state index in [1.165, 1.54) is 5.56 Å². The highest BCUT2D eigenvalue weighted by atomic mass is 16.2. The Labute approximate surface area is 245 Å². The van der Waals surface area contributed by atoms with Gasteiger partial charge in [-0.2, -0.15) is 5.10 Å². The predicted octanol–water partition coefficient (Wildman–Crippen LogP) is 4.31. The number of amides is 3. The second-order valence-corrected chi connectivity index (χ2v) is 10.8. The zero-order valence-corrected chi connectivity index (χ0v) is 24.1. The molecule has 42 heavy (non-hydrogen) atoms. The summed E-state index contributed by atoms with van der Waals surface area (Å²) in [6.07, 6.45) is 6.19. The van der Waals surface area contributed by atoms with Crippen LogP contribution < -0.4 is 15.5 Å². The fourth-order valence-electron chi connectivity index (χ4n) is 5.69. The van der Waals surface area contributed by atoms with Crippen LogP contribution in [0.4, 0.5) is 22.0 Å². The minimum Gasteiger partial charge on any atom is -0.338 e. The number of nitrogens with one attached hydrogen (secondary N) is 2. The van der Waals surface area contributed by atoms with Crippen molar-refractivity contribution in [2.24, 2.45) is 7.05 Å². The average molecular weight is 565 g/mol. The molecular weight excluding hydrogens is 528 g/mol. The van der Waals surface area contributed by atoms with Gasteiger partial charge in [0.1, 0.15) is 5.82 Å². The molecule has 10 heteroatoms. The van der Waals surface area contributed by atoms with E-state index in [-0.39, 0.29) is 11.9 Å². The van der Waals surface area contributed by atoms with Crippen molar-refractivity contribution in [2.75, 3.05) is 36.4 Å². The third-order valence-electron chi connectivity index (χ3n) is 8.12. The monoisotopic (exact) mass is 564 g/mol. The molecule has 2 aromatic heterocycles. The molecule has 1 fully saturated rings. The molecule has 4 heterocycles. The number of para-hydroxylation sites is 2. The van der Waals surface area contributed by atoms with Gasteiger partial charge in [0.25, 0.3) is 5.91 Å². The minimum absolute atomic E-state index is 0.0540. The lowest BCUT2D eigenvalue weighted by molar-refractivity contribution is 0.0985. The standard InChI is InChI=1S/C32H36N8O2/c1-3-24-18-25(31(41)40-22-27-20-35-37(2)30(27)36-28-6-4-5-7-29(28)40)8-9-26(24)19-34-32(42)39-16-14-38(15-17-39)21-23-10-12-33-13-11-23/h4-13,18,20,36H,3,14-17,19,21-22H2,1-2H3,(H,34,42). The van der Waals surface area contributed by atoms with Crippen LogP contribution in [-0.4, -0.2) is 62.7 Å². The molecule has 6 rings (SSSR count). The van der Waals surface area contributed by atoms with E-state index in [9.17, 15) is 9.59 Å². The lowest BCUT2D eigenvalue weighted by atomic mass is 10.0. The van der Waals surface area contributed by atoms with E-state index in [1.54, 1.807) is 15.8 Å². The largest absolute Gasteiger partial charge is 0.338 e. The van der Waals surface area contributed by atoms with Gasteiger partial charge in [-0.25, -0.2) is 4.79 Å². The maximum Gasteiger partial charge on any atom is 0.317 e. The first-order chi connectivity index (χ1) is 20.5. The van der Waals surface area contributed by atoms with Crippen LogP contribution in [-0.2, 0) is 33.1 Å². The van der Waals surface area contributed by atoms with Crippen molar-refractivity contribution in [3.8, 4) is 0 Å². The number of rotatable bonds is 6. The number of carbonyl (C=O) groups is 2. The summed E-state index contributed by atoms with van der Waals surface area (Å²) in [7, 11) is 1.89. The van der Waals surface area contributed by atoms with Crippen molar-refractivity contribution in [3.63, 3.8) is 0 Å². The highest BCUT2D eigenvalue weighted by Gasteiger charge is 2.27. The van der Waals surface area contributed by atoms with Crippen molar-refractivity contribution in [1.82, 2.24) is 29.9 Å². The zero-order chi connectivity index (χ0) is 29.1. The van der Waals surface area contributed by atoms with Gasteiger partial charge in [-0.3, -0.25) is 19.4 Å². The van der Waals surface area contributed by atoms with Crippen molar-refractivity contribution in [3.05, 3.63) is 101 Å². The maximum atomic E-state index is 13.9. The molecule has 4 aromatic rings. The molecule has 2 aliphatic heterocycles. The van der Waals surface area contributed by atoms with E-state index in [2.05, 4.69) is 32.5 Å². The van der Waals surface area contributed by atoms with Crippen LogP contribution >= 0.6 is 0 Å². The van der Waals surface area contributed by atoms with Crippen LogP contribution in [0, 0.1) is 0 Å². The molecule has 0 spiro atoms. The molecule has 1 saturated heterocycles. The number of carbonyl (C=O) groups excluding carboxylic acids is 2. The van der Waals surface area contributed by atoms with Crippen molar-refractivity contribution in [1.29, 1.82) is 0 Å². The Morgan fingerprint density at radius 1 is 0.976 bits per heavy atom. The topological polar surface area (TPSA) is 98.6 Å². The summed E-state index contributed by atoms with van der Waals surface area (Å²) in [5.41, 5.74) is 6.56. The second-order valence-electron chi connectivity index (χ2n) is 10.8. The third kappa shape index (κ3) is 5.71. The average Bonchev–Trinajstić information content (AvgIpc) is 3.27. The van der Waals surface area contributed by atoms with Gasteiger partial charge in [0.15, 0.2) is 0 Å². The Morgan fingerprint density at radius 3 is 2.55 bits per heavy atom. The van der Waals surface area contributed by atoms with Crippen molar-refractivity contribution in [2.45, 2.75) is 33.0 Å². The summed E-state index contributed by atoms with van der Waals surface area (Å²) in [4.78, 5) is 37.0. The molecule has 2 aliphatic rings. The van der Waals surface area contributed by atoms with E-state index in [1.807, 2.05) is 78.9 Å². The van der Waals surface area contributed by atoms with Gasteiger partial charge in [-0.15, -0.1) is 0 Å². The normalized spacial score (nSPS) is 14.9. The number of benzene rings is 2. The van der Waals surface area contributed by atoms with Gasteiger partial charge in [-0.05, 0) is 59.5 Å². The number of aryl methyl sites for hydroxylation is 2. The van der Waals surface area contributed by atoms with Crippen LogP contribution in [0.1, 0.15) is 39.5 Å². The van der Waals surface area contributed by atoms with Gasteiger partial charge >= 0.3 is 6.03 Å². The highest BCUT2D eigenvalue weighted by molar-refractivity contribution is 6.08. The van der Waals surface area contributed by atoms with Gasteiger partial charge in [0.05, 0.1) is 24.1 Å². The first kappa shape index (κ1) is 27.5. The number of aromatic nitrogens is 3. The number of piperazine rings is 1. The number of hydrogen-bond acceptors (Lipinski definition) is 6. The molecule has 2 N–H and O–H groups in total. The molecule has 2 aromatic carbocycles. The van der Waals surface area contributed by atoms with Gasteiger partial charge in [0.2, 0.25) is 0 Å². The fraction of sp³-hybridized carbons (Fsp3) is 0.312. The predicted molar refractivity (Wildman–Crippen MR) is 163 cm³/mol. The van der Waals surface area contributed by atoms with Crippen LogP contribution in [0.2, 0.25) is 0 Å². The smallest absolute Gasteiger partial charge is 0.317 e. The fourth-order valence-corrected chi connectivity index (χ4v) is 5.69. The minimum atomic E-state index is -0.0733. The number of fused-ring (bicyclic) bond motifs is 2. The van der Waals surface area contributed by atoms with Crippen molar-refractivity contribution < 1.29 is 9.59 Å². The first-order valence-corrected chi connectivity index (χ1v) is 14.4. The Kier molecular flexibility index (Phi) is 7.87. The first-order valence-electron chi connectivity index (χ1n) is 14.4. The summed E-state index contributed by atoms with van der Waals surface area (Å²) in [6.45, 7) is 6.83. The molecule has 216 valence electrons.